The summed E-state index contributed by atoms with van der Waals surface area (Å²) in [5, 5.41) is 24.4. The normalized spacial score (nSPS) is 20.0. The van der Waals surface area contributed by atoms with Crippen LogP contribution >= 0.6 is 12.2 Å². The Labute approximate surface area is 144 Å². The Balaban J connectivity index is 2.11. The maximum Gasteiger partial charge on any atom is 0.274 e. The van der Waals surface area contributed by atoms with Gasteiger partial charge >= 0.3 is 0 Å². The van der Waals surface area contributed by atoms with E-state index in [1.807, 2.05) is 18.2 Å². The molecule has 0 saturated carbocycles. The lowest BCUT2D eigenvalue weighted by Crippen LogP contribution is -2.32. The van der Waals surface area contributed by atoms with Gasteiger partial charge in [0.25, 0.3) is 5.69 Å². The first kappa shape index (κ1) is 16.3. The van der Waals surface area contributed by atoms with Crippen LogP contribution < -0.4 is 5.32 Å². The predicted octanol–water partition coefficient (Wildman–Crippen LogP) is 1.95. The topological polar surface area (TPSA) is 91.5 Å². The van der Waals surface area contributed by atoms with E-state index < -0.39 is 11.0 Å². The van der Waals surface area contributed by atoms with Gasteiger partial charge in [0.1, 0.15) is 0 Å². The van der Waals surface area contributed by atoms with Gasteiger partial charge < -0.3 is 15.3 Å². The number of benzene rings is 1. The van der Waals surface area contributed by atoms with Gasteiger partial charge in [0, 0.05) is 18.8 Å². The third-order valence-electron chi connectivity index (χ3n) is 3.99. The number of β-amino-alcohol motifs (C(OH)–C–C–N with tert-alkyl or cyclic N) is 1. The largest absolute Gasteiger partial charge is 0.395 e. The highest BCUT2D eigenvalue weighted by Crippen LogP contribution is 2.41. The smallest absolute Gasteiger partial charge is 0.274 e. The van der Waals surface area contributed by atoms with E-state index in [9.17, 15) is 15.2 Å². The molecule has 0 aliphatic carbocycles. The van der Waals surface area contributed by atoms with Crippen LogP contribution in [0.1, 0.15) is 23.3 Å². The van der Waals surface area contributed by atoms with Crippen LogP contribution in [0.2, 0.25) is 0 Å². The van der Waals surface area contributed by atoms with E-state index in [4.69, 9.17) is 12.2 Å². The SMILES string of the molecule is O=[N+]([O-])c1ccccc1[C@@H]1[C@H](c2ccccn2)NC(=S)N1CCO. The first-order valence-corrected chi connectivity index (χ1v) is 7.86. The van der Waals surface area contributed by atoms with E-state index in [1.54, 1.807) is 29.3 Å². The summed E-state index contributed by atoms with van der Waals surface area (Å²) in [6.07, 6.45) is 1.67. The van der Waals surface area contributed by atoms with Crippen LogP contribution in [0.15, 0.2) is 48.7 Å². The fourth-order valence-electron chi connectivity index (χ4n) is 3.00. The van der Waals surface area contributed by atoms with Crippen molar-refractivity contribution in [2.45, 2.75) is 12.1 Å². The van der Waals surface area contributed by atoms with E-state index in [1.165, 1.54) is 6.07 Å². The zero-order chi connectivity index (χ0) is 17.1. The minimum atomic E-state index is -0.416. The van der Waals surface area contributed by atoms with E-state index in [-0.39, 0.29) is 24.9 Å². The third kappa shape index (κ3) is 2.93. The van der Waals surface area contributed by atoms with Crippen LogP contribution in [0.3, 0.4) is 0 Å². The predicted molar refractivity (Wildman–Crippen MR) is 92.3 cm³/mol. The Kier molecular flexibility index (Phi) is 4.68. The van der Waals surface area contributed by atoms with E-state index >= 15 is 0 Å². The first-order chi connectivity index (χ1) is 11.6. The highest BCUT2D eigenvalue weighted by molar-refractivity contribution is 7.80. The molecule has 1 aromatic carbocycles. The molecule has 1 aliphatic rings. The van der Waals surface area contributed by atoms with Crippen LogP contribution in [-0.4, -0.2) is 38.2 Å². The van der Waals surface area contributed by atoms with Gasteiger partial charge in [-0.05, 0) is 30.4 Å². The Hall–Kier alpha value is -2.58. The number of nitrogens with zero attached hydrogens (tertiary/aromatic N) is 3. The second kappa shape index (κ2) is 6.90. The molecule has 3 rings (SSSR count). The van der Waals surface area contributed by atoms with Gasteiger partial charge in [0.15, 0.2) is 5.11 Å². The Morgan fingerprint density at radius 2 is 2.04 bits per heavy atom. The number of nitrogens with one attached hydrogen (secondary N) is 1. The zero-order valence-corrected chi connectivity index (χ0v) is 13.5. The second-order valence-corrected chi connectivity index (χ2v) is 5.75. The number of aliphatic hydroxyl groups is 1. The number of aromatic nitrogens is 1. The second-order valence-electron chi connectivity index (χ2n) is 5.36. The first-order valence-electron chi connectivity index (χ1n) is 7.45. The lowest BCUT2D eigenvalue weighted by atomic mass is 9.95. The van der Waals surface area contributed by atoms with Gasteiger partial charge in [-0.2, -0.15) is 0 Å². The molecule has 1 aliphatic heterocycles. The number of nitro benzene ring substituents is 1. The molecule has 2 aromatic rings. The van der Waals surface area contributed by atoms with Gasteiger partial charge in [-0.3, -0.25) is 15.1 Å². The number of para-hydroxylation sites is 1. The number of pyridine rings is 1. The molecule has 2 heterocycles. The van der Waals surface area contributed by atoms with Crippen molar-refractivity contribution >= 4 is 23.0 Å². The van der Waals surface area contributed by atoms with Crippen molar-refractivity contribution in [1.82, 2.24) is 15.2 Å². The average molecular weight is 344 g/mol. The molecule has 0 amide bonds. The molecular formula is C16H16N4O3S. The molecule has 0 bridgehead atoms. The van der Waals surface area contributed by atoms with Gasteiger partial charge in [-0.15, -0.1) is 0 Å². The third-order valence-corrected chi connectivity index (χ3v) is 4.34. The Morgan fingerprint density at radius 1 is 1.29 bits per heavy atom. The lowest BCUT2D eigenvalue weighted by Gasteiger charge is -2.27. The number of nitro groups is 1. The van der Waals surface area contributed by atoms with Crippen molar-refractivity contribution in [2.24, 2.45) is 0 Å². The molecule has 1 fully saturated rings. The maximum atomic E-state index is 11.4. The van der Waals surface area contributed by atoms with Crippen molar-refractivity contribution in [3.05, 3.63) is 70.0 Å². The van der Waals surface area contributed by atoms with Crippen LogP contribution in [-0.2, 0) is 0 Å². The molecule has 1 aromatic heterocycles. The summed E-state index contributed by atoms with van der Waals surface area (Å²) in [5.41, 5.74) is 1.31. The Bertz CT molecular complexity index is 756. The lowest BCUT2D eigenvalue weighted by molar-refractivity contribution is -0.386. The highest BCUT2D eigenvalue weighted by atomic mass is 32.1. The standard InChI is InChI=1S/C16H16N4O3S/c21-10-9-19-15(11-5-1-2-7-13(11)20(22)23)14(18-16(19)24)12-6-3-4-8-17-12/h1-8,14-15,21H,9-10H2,(H,18,24)/t14-,15+/m0/s1. The molecule has 124 valence electrons. The summed E-state index contributed by atoms with van der Waals surface area (Å²) >= 11 is 5.38. The quantitative estimate of drug-likeness (QED) is 0.487. The number of rotatable bonds is 5. The molecule has 2 N–H and O–H groups in total. The van der Waals surface area contributed by atoms with Gasteiger partial charge in [-0.1, -0.05) is 18.2 Å². The minimum absolute atomic E-state index is 0.0258. The maximum absolute atomic E-state index is 11.4. The van der Waals surface area contributed by atoms with Crippen LogP contribution in [0, 0.1) is 10.1 Å². The monoisotopic (exact) mass is 344 g/mol. The molecule has 2 atom stereocenters. The summed E-state index contributed by atoms with van der Waals surface area (Å²) in [6, 6.07) is 11.4. The minimum Gasteiger partial charge on any atom is -0.395 e. The van der Waals surface area contributed by atoms with Gasteiger partial charge in [-0.25, -0.2) is 0 Å². The van der Waals surface area contributed by atoms with Crippen molar-refractivity contribution in [1.29, 1.82) is 0 Å². The van der Waals surface area contributed by atoms with Crippen molar-refractivity contribution < 1.29 is 10.0 Å². The molecule has 0 unspecified atom stereocenters. The van der Waals surface area contributed by atoms with Crippen LogP contribution in [0.4, 0.5) is 5.69 Å². The van der Waals surface area contributed by atoms with E-state index in [0.29, 0.717) is 10.7 Å². The number of hydrogen-bond acceptors (Lipinski definition) is 5. The van der Waals surface area contributed by atoms with Crippen molar-refractivity contribution in [3.8, 4) is 0 Å². The molecule has 0 radical (unpaired) electrons. The molecule has 24 heavy (non-hydrogen) atoms. The number of aliphatic hydroxyl groups excluding tert-OH is 1. The van der Waals surface area contributed by atoms with Crippen molar-refractivity contribution in [3.63, 3.8) is 0 Å². The molecule has 7 nitrogen and oxygen atoms in total. The number of hydrogen-bond donors (Lipinski definition) is 2. The van der Waals surface area contributed by atoms with Gasteiger partial charge in [0.2, 0.25) is 0 Å². The zero-order valence-electron chi connectivity index (χ0n) is 12.7. The fourth-order valence-corrected chi connectivity index (χ4v) is 3.33. The Morgan fingerprint density at radius 3 is 2.71 bits per heavy atom. The molecule has 0 spiro atoms. The molecule has 1 saturated heterocycles. The summed E-state index contributed by atoms with van der Waals surface area (Å²) in [4.78, 5) is 17.2. The fraction of sp³-hybridized carbons (Fsp3) is 0.250. The van der Waals surface area contributed by atoms with Crippen LogP contribution in [0.25, 0.3) is 0 Å². The summed E-state index contributed by atoms with van der Waals surface area (Å²) in [6.45, 7) is 0.180. The average Bonchev–Trinajstić information content (AvgIpc) is 2.92. The van der Waals surface area contributed by atoms with Crippen LogP contribution in [0.5, 0.6) is 0 Å². The highest BCUT2D eigenvalue weighted by Gasteiger charge is 2.42. The summed E-state index contributed by atoms with van der Waals surface area (Å²) in [5.74, 6) is 0. The number of thiocarbonyl (C=S) groups is 1. The summed E-state index contributed by atoms with van der Waals surface area (Å²) < 4.78 is 0. The van der Waals surface area contributed by atoms with E-state index in [0.717, 1.165) is 5.69 Å². The van der Waals surface area contributed by atoms with Crippen molar-refractivity contribution in [2.75, 3.05) is 13.2 Å². The van der Waals surface area contributed by atoms with E-state index in [2.05, 4.69) is 10.3 Å². The van der Waals surface area contributed by atoms with Gasteiger partial charge in [0.05, 0.1) is 34.9 Å². The molecule has 8 heteroatoms. The molecular weight excluding hydrogens is 328 g/mol. The summed E-state index contributed by atoms with van der Waals surface area (Å²) in [7, 11) is 0.